The molecule has 3 aromatic carbocycles. The van der Waals surface area contributed by atoms with Gasteiger partial charge in [0, 0.05) is 28.1 Å². The first-order valence-electron chi connectivity index (χ1n) is 9.83. The molecule has 2 heteroatoms. The van der Waals surface area contributed by atoms with E-state index in [1.54, 1.807) is 0 Å². The van der Waals surface area contributed by atoms with Crippen LogP contribution < -0.4 is 0 Å². The van der Waals surface area contributed by atoms with Crippen LogP contribution in [0.2, 0.25) is 0 Å². The zero-order valence-electron chi connectivity index (χ0n) is 15.8. The third-order valence-corrected chi connectivity index (χ3v) is 5.61. The predicted octanol–water partition coefficient (Wildman–Crippen LogP) is 6.97. The lowest BCUT2D eigenvalue weighted by molar-refractivity contribution is 1.25. The molecule has 0 fully saturated rings. The molecule has 0 bridgehead atoms. The van der Waals surface area contributed by atoms with E-state index >= 15 is 0 Å². The van der Waals surface area contributed by atoms with Crippen LogP contribution in [0.4, 0.5) is 0 Å². The van der Waals surface area contributed by atoms with Gasteiger partial charge in [-0.2, -0.15) is 0 Å². The summed E-state index contributed by atoms with van der Waals surface area (Å²) in [5, 5.41) is 2.38. The Morgan fingerprint density at radius 2 is 1.21 bits per heavy atom. The number of aromatic nitrogens is 2. The van der Waals surface area contributed by atoms with Gasteiger partial charge in [0.1, 0.15) is 5.65 Å². The minimum Gasteiger partial charge on any atom is -0.293 e. The molecule has 0 N–H and O–H groups in total. The van der Waals surface area contributed by atoms with E-state index in [9.17, 15) is 0 Å². The van der Waals surface area contributed by atoms with E-state index in [0.29, 0.717) is 0 Å². The van der Waals surface area contributed by atoms with Crippen LogP contribution in [0, 0.1) is 0 Å². The molecular formula is C27H18N2. The first-order valence-corrected chi connectivity index (χ1v) is 9.83. The van der Waals surface area contributed by atoms with Gasteiger partial charge in [-0.05, 0) is 35.4 Å². The molecule has 0 radical (unpaired) electrons. The van der Waals surface area contributed by atoms with Gasteiger partial charge in [0.25, 0.3) is 0 Å². The van der Waals surface area contributed by atoms with Gasteiger partial charge < -0.3 is 0 Å². The fourth-order valence-corrected chi connectivity index (χ4v) is 4.41. The van der Waals surface area contributed by atoms with Crippen molar-refractivity contribution in [2.75, 3.05) is 0 Å². The van der Waals surface area contributed by atoms with Crippen molar-refractivity contribution >= 4 is 27.5 Å². The standard InChI is InChI=1S/C27H18N2/c1-3-10-19(11-4-1)25-22-15-7-8-16-23(22)29-24(18-21-14-9-17-28-27(21)29)26(25)20-12-5-2-6-13-20/h1-18H. The predicted molar refractivity (Wildman–Crippen MR) is 121 cm³/mol. The van der Waals surface area contributed by atoms with Crippen molar-refractivity contribution in [2.45, 2.75) is 0 Å². The maximum absolute atomic E-state index is 4.72. The van der Waals surface area contributed by atoms with Crippen LogP contribution in [0.5, 0.6) is 0 Å². The molecule has 0 amide bonds. The molecule has 6 aromatic rings. The Hall–Kier alpha value is -3.91. The van der Waals surface area contributed by atoms with Crippen LogP contribution in [0.15, 0.2) is 109 Å². The average molecular weight is 370 g/mol. The van der Waals surface area contributed by atoms with E-state index in [0.717, 1.165) is 11.0 Å². The highest BCUT2D eigenvalue weighted by molar-refractivity contribution is 6.11. The Morgan fingerprint density at radius 3 is 1.97 bits per heavy atom. The van der Waals surface area contributed by atoms with E-state index < -0.39 is 0 Å². The maximum Gasteiger partial charge on any atom is 0.144 e. The van der Waals surface area contributed by atoms with Crippen LogP contribution in [0.25, 0.3) is 49.7 Å². The summed E-state index contributed by atoms with van der Waals surface area (Å²) in [7, 11) is 0. The summed E-state index contributed by atoms with van der Waals surface area (Å²) in [6, 6.07) is 36.4. The van der Waals surface area contributed by atoms with Gasteiger partial charge in [0.2, 0.25) is 0 Å². The molecule has 0 aliphatic carbocycles. The lowest BCUT2D eigenvalue weighted by Gasteiger charge is -2.17. The highest BCUT2D eigenvalue weighted by atomic mass is 15.0. The van der Waals surface area contributed by atoms with Gasteiger partial charge in [-0.1, -0.05) is 78.9 Å². The van der Waals surface area contributed by atoms with E-state index in [1.807, 2.05) is 12.3 Å². The van der Waals surface area contributed by atoms with E-state index in [4.69, 9.17) is 4.98 Å². The quantitative estimate of drug-likeness (QED) is 0.321. The van der Waals surface area contributed by atoms with Crippen molar-refractivity contribution in [1.29, 1.82) is 0 Å². The Labute approximate surface area is 168 Å². The SMILES string of the molecule is c1ccc(-c2c(-c3ccccc3)c3cc4cccnc4n3c3ccccc23)cc1. The molecular weight excluding hydrogens is 352 g/mol. The van der Waals surface area contributed by atoms with Gasteiger partial charge in [0.15, 0.2) is 0 Å². The second-order valence-electron chi connectivity index (χ2n) is 7.28. The van der Waals surface area contributed by atoms with Crippen molar-refractivity contribution < 1.29 is 0 Å². The zero-order valence-corrected chi connectivity index (χ0v) is 15.8. The number of hydrogen-bond donors (Lipinski definition) is 0. The van der Waals surface area contributed by atoms with Gasteiger partial charge in [-0.15, -0.1) is 0 Å². The van der Waals surface area contributed by atoms with E-state index in [1.165, 1.54) is 38.7 Å². The topological polar surface area (TPSA) is 17.3 Å². The first-order chi connectivity index (χ1) is 14.4. The Kier molecular flexibility index (Phi) is 3.50. The molecule has 0 saturated carbocycles. The van der Waals surface area contributed by atoms with E-state index in [2.05, 4.69) is 101 Å². The van der Waals surface area contributed by atoms with Gasteiger partial charge in [0.05, 0.1) is 11.0 Å². The number of pyridine rings is 2. The van der Waals surface area contributed by atoms with Crippen molar-refractivity contribution in [2.24, 2.45) is 0 Å². The van der Waals surface area contributed by atoms with Gasteiger partial charge in [-0.25, -0.2) is 4.98 Å². The Bertz CT molecular complexity index is 1480. The summed E-state index contributed by atoms with van der Waals surface area (Å²) >= 11 is 0. The molecule has 0 aliphatic heterocycles. The molecule has 6 rings (SSSR count). The molecule has 0 aliphatic rings. The van der Waals surface area contributed by atoms with Gasteiger partial charge >= 0.3 is 0 Å². The summed E-state index contributed by atoms with van der Waals surface area (Å²) in [4.78, 5) is 4.72. The molecule has 29 heavy (non-hydrogen) atoms. The van der Waals surface area contributed by atoms with Crippen LogP contribution in [-0.2, 0) is 0 Å². The third-order valence-electron chi connectivity index (χ3n) is 5.61. The molecule has 3 heterocycles. The molecule has 3 aromatic heterocycles. The molecule has 0 saturated heterocycles. The molecule has 0 atom stereocenters. The van der Waals surface area contributed by atoms with Crippen molar-refractivity contribution in [3.63, 3.8) is 0 Å². The van der Waals surface area contributed by atoms with Crippen molar-refractivity contribution in [1.82, 2.24) is 9.38 Å². The second kappa shape index (κ2) is 6.32. The molecule has 0 spiro atoms. The minimum absolute atomic E-state index is 0.996. The monoisotopic (exact) mass is 370 g/mol. The molecule has 136 valence electrons. The lowest BCUT2D eigenvalue weighted by atomic mass is 9.91. The molecule has 2 nitrogen and oxygen atoms in total. The average Bonchev–Trinajstić information content (AvgIpc) is 3.19. The van der Waals surface area contributed by atoms with Crippen LogP contribution >= 0.6 is 0 Å². The number of hydrogen-bond acceptors (Lipinski definition) is 1. The largest absolute Gasteiger partial charge is 0.293 e. The summed E-state index contributed by atoms with van der Waals surface area (Å²) in [5.74, 6) is 0. The second-order valence-corrected chi connectivity index (χ2v) is 7.28. The van der Waals surface area contributed by atoms with Crippen LogP contribution in [0.1, 0.15) is 0 Å². The first kappa shape index (κ1) is 16.1. The highest BCUT2D eigenvalue weighted by Crippen LogP contribution is 2.42. The fourth-order valence-electron chi connectivity index (χ4n) is 4.41. The van der Waals surface area contributed by atoms with Crippen molar-refractivity contribution in [3.05, 3.63) is 109 Å². The number of fused-ring (bicyclic) bond motifs is 5. The summed E-state index contributed by atoms with van der Waals surface area (Å²) < 4.78 is 2.30. The summed E-state index contributed by atoms with van der Waals surface area (Å²) in [6.07, 6.45) is 1.87. The number of para-hydroxylation sites is 1. The number of nitrogens with zero attached hydrogens (tertiary/aromatic N) is 2. The summed E-state index contributed by atoms with van der Waals surface area (Å²) in [5.41, 5.74) is 8.30. The lowest BCUT2D eigenvalue weighted by Crippen LogP contribution is -1.96. The minimum atomic E-state index is 0.996. The molecule has 0 unspecified atom stereocenters. The zero-order chi connectivity index (χ0) is 19.2. The number of rotatable bonds is 2. The maximum atomic E-state index is 4.72. The van der Waals surface area contributed by atoms with E-state index in [-0.39, 0.29) is 0 Å². The van der Waals surface area contributed by atoms with Crippen LogP contribution in [-0.4, -0.2) is 9.38 Å². The Balaban J connectivity index is 1.93. The highest BCUT2D eigenvalue weighted by Gasteiger charge is 2.19. The van der Waals surface area contributed by atoms with Gasteiger partial charge in [-0.3, -0.25) is 4.40 Å². The summed E-state index contributed by atoms with van der Waals surface area (Å²) in [6.45, 7) is 0. The van der Waals surface area contributed by atoms with Crippen LogP contribution in [0.3, 0.4) is 0 Å². The normalized spacial score (nSPS) is 11.4. The fraction of sp³-hybridized carbons (Fsp3) is 0. The smallest absolute Gasteiger partial charge is 0.144 e. The number of benzene rings is 3. The van der Waals surface area contributed by atoms with Crippen molar-refractivity contribution in [3.8, 4) is 22.3 Å². The Morgan fingerprint density at radius 1 is 0.552 bits per heavy atom. The third kappa shape index (κ3) is 2.39.